The minimum absolute atomic E-state index is 0.323. The summed E-state index contributed by atoms with van der Waals surface area (Å²) in [6, 6.07) is 0. The van der Waals surface area contributed by atoms with Crippen molar-refractivity contribution in [3.8, 4) is 0 Å². The Morgan fingerprint density at radius 3 is 2.32 bits per heavy atom. The van der Waals surface area contributed by atoms with E-state index in [9.17, 15) is 4.79 Å². The molecule has 2 fully saturated rings. The molecular weight excluding hydrogens is 278 g/mol. The first-order valence-electron chi connectivity index (χ1n) is 8.51. The molecular formula is C16H27N5O. The Kier molecular flexibility index (Phi) is 5.45. The van der Waals surface area contributed by atoms with Gasteiger partial charge in [0.05, 0.1) is 12.9 Å². The van der Waals surface area contributed by atoms with Gasteiger partial charge in [-0.15, -0.1) is 0 Å². The summed E-state index contributed by atoms with van der Waals surface area (Å²) in [7, 11) is 0. The van der Waals surface area contributed by atoms with Crippen molar-refractivity contribution in [3.63, 3.8) is 0 Å². The molecule has 0 radical (unpaired) electrons. The second kappa shape index (κ2) is 7.74. The third kappa shape index (κ3) is 4.30. The molecule has 22 heavy (non-hydrogen) atoms. The zero-order chi connectivity index (χ0) is 15.2. The van der Waals surface area contributed by atoms with Crippen LogP contribution in [-0.4, -0.2) is 76.4 Å². The lowest BCUT2D eigenvalue weighted by Crippen LogP contribution is -2.49. The number of imidazole rings is 1. The molecule has 122 valence electrons. The lowest BCUT2D eigenvalue weighted by molar-refractivity contribution is -0.132. The Morgan fingerprint density at radius 1 is 1.00 bits per heavy atom. The van der Waals surface area contributed by atoms with E-state index in [1.807, 2.05) is 6.20 Å². The van der Waals surface area contributed by atoms with Gasteiger partial charge in [-0.05, 0) is 12.8 Å². The Morgan fingerprint density at radius 2 is 1.68 bits per heavy atom. The van der Waals surface area contributed by atoms with Gasteiger partial charge in [0.2, 0.25) is 5.91 Å². The summed E-state index contributed by atoms with van der Waals surface area (Å²) >= 11 is 0. The van der Waals surface area contributed by atoms with E-state index < -0.39 is 0 Å². The van der Waals surface area contributed by atoms with E-state index in [4.69, 9.17) is 0 Å². The fourth-order valence-corrected chi connectivity index (χ4v) is 3.33. The molecule has 6 heteroatoms. The van der Waals surface area contributed by atoms with Crippen LogP contribution in [0.2, 0.25) is 0 Å². The molecule has 2 saturated heterocycles. The number of nitrogens with zero attached hydrogens (tertiary/aromatic N) is 4. The molecule has 1 amide bonds. The SMILES string of the molecule is O=C(CN1CCN(Cc2cnc[nH]2)CC1)N1CCCCCC1. The van der Waals surface area contributed by atoms with Crippen LogP contribution in [0.3, 0.4) is 0 Å². The molecule has 1 aromatic rings. The number of carbonyl (C=O) groups excluding carboxylic acids is 1. The molecule has 3 rings (SSSR count). The maximum absolute atomic E-state index is 12.4. The standard InChI is InChI=1S/C16H27N5O/c22-16(21-5-3-1-2-4-6-21)13-20-9-7-19(8-10-20)12-15-11-17-14-18-15/h11,14H,1-10,12-13H2,(H,17,18). The van der Waals surface area contributed by atoms with Crippen LogP contribution in [0.4, 0.5) is 0 Å². The van der Waals surface area contributed by atoms with Gasteiger partial charge in [0.1, 0.15) is 0 Å². The Bertz CT molecular complexity index is 445. The Labute approximate surface area is 132 Å². The highest BCUT2D eigenvalue weighted by molar-refractivity contribution is 5.78. The van der Waals surface area contributed by atoms with Gasteiger partial charge in [-0.1, -0.05) is 12.8 Å². The average Bonchev–Trinajstić information content (AvgIpc) is 2.88. The highest BCUT2D eigenvalue weighted by atomic mass is 16.2. The first-order valence-corrected chi connectivity index (χ1v) is 8.51. The Balaban J connectivity index is 1.40. The van der Waals surface area contributed by atoms with Crippen molar-refractivity contribution in [2.75, 3.05) is 45.8 Å². The lowest BCUT2D eigenvalue weighted by atomic mass is 10.2. The predicted molar refractivity (Wildman–Crippen MR) is 85.4 cm³/mol. The molecule has 0 aromatic carbocycles. The summed E-state index contributed by atoms with van der Waals surface area (Å²) in [6.07, 6.45) is 8.50. The zero-order valence-electron chi connectivity index (χ0n) is 13.3. The average molecular weight is 305 g/mol. The van der Waals surface area contributed by atoms with Crippen molar-refractivity contribution in [2.45, 2.75) is 32.2 Å². The second-order valence-corrected chi connectivity index (χ2v) is 6.42. The number of likely N-dealkylation sites (tertiary alicyclic amines) is 1. The fourth-order valence-electron chi connectivity index (χ4n) is 3.33. The van der Waals surface area contributed by atoms with Crippen molar-refractivity contribution in [2.24, 2.45) is 0 Å². The number of aromatic nitrogens is 2. The molecule has 0 aliphatic carbocycles. The largest absolute Gasteiger partial charge is 0.347 e. The van der Waals surface area contributed by atoms with Crippen LogP contribution in [-0.2, 0) is 11.3 Å². The third-order valence-electron chi connectivity index (χ3n) is 4.73. The summed E-state index contributed by atoms with van der Waals surface area (Å²) in [4.78, 5) is 26.4. The summed E-state index contributed by atoms with van der Waals surface area (Å²) in [6.45, 7) is 7.43. The molecule has 0 spiro atoms. The van der Waals surface area contributed by atoms with Gasteiger partial charge >= 0.3 is 0 Å². The molecule has 2 aliphatic heterocycles. The maximum atomic E-state index is 12.4. The number of aromatic amines is 1. The first kappa shape index (κ1) is 15.5. The van der Waals surface area contributed by atoms with Gasteiger partial charge in [-0.3, -0.25) is 14.6 Å². The fraction of sp³-hybridized carbons (Fsp3) is 0.750. The van der Waals surface area contributed by atoms with Crippen molar-refractivity contribution in [1.29, 1.82) is 0 Å². The van der Waals surface area contributed by atoms with E-state index >= 15 is 0 Å². The quantitative estimate of drug-likeness (QED) is 0.899. The van der Waals surface area contributed by atoms with Gasteiger partial charge in [-0.2, -0.15) is 0 Å². The van der Waals surface area contributed by atoms with Gasteiger partial charge < -0.3 is 9.88 Å². The van der Waals surface area contributed by atoms with Crippen LogP contribution < -0.4 is 0 Å². The van der Waals surface area contributed by atoms with Crippen molar-refractivity contribution in [1.82, 2.24) is 24.7 Å². The van der Waals surface area contributed by atoms with E-state index in [1.165, 1.54) is 25.7 Å². The number of carbonyl (C=O) groups is 1. The van der Waals surface area contributed by atoms with E-state index in [0.717, 1.165) is 51.5 Å². The van der Waals surface area contributed by atoms with Crippen molar-refractivity contribution >= 4 is 5.91 Å². The van der Waals surface area contributed by atoms with Gasteiger partial charge in [0.15, 0.2) is 0 Å². The van der Waals surface area contributed by atoms with Crippen molar-refractivity contribution in [3.05, 3.63) is 18.2 Å². The van der Waals surface area contributed by atoms with E-state index in [-0.39, 0.29) is 0 Å². The summed E-state index contributed by atoms with van der Waals surface area (Å²) < 4.78 is 0. The number of rotatable bonds is 4. The number of nitrogens with one attached hydrogen (secondary N) is 1. The highest BCUT2D eigenvalue weighted by Crippen LogP contribution is 2.11. The van der Waals surface area contributed by atoms with E-state index in [2.05, 4.69) is 24.7 Å². The zero-order valence-corrected chi connectivity index (χ0v) is 13.3. The number of H-pyrrole nitrogens is 1. The molecule has 0 saturated carbocycles. The van der Waals surface area contributed by atoms with Crippen LogP contribution >= 0.6 is 0 Å². The number of amides is 1. The Hall–Kier alpha value is -1.40. The van der Waals surface area contributed by atoms with Crippen LogP contribution in [0, 0.1) is 0 Å². The highest BCUT2D eigenvalue weighted by Gasteiger charge is 2.22. The molecule has 6 nitrogen and oxygen atoms in total. The minimum Gasteiger partial charge on any atom is -0.347 e. The number of piperazine rings is 1. The van der Waals surface area contributed by atoms with Crippen LogP contribution in [0.15, 0.2) is 12.5 Å². The van der Waals surface area contributed by atoms with Gasteiger partial charge in [0, 0.05) is 57.7 Å². The van der Waals surface area contributed by atoms with Gasteiger partial charge in [0.25, 0.3) is 0 Å². The molecule has 0 unspecified atom stereocenters. The monoisotopic (exact) mass is 305 g/mol. The summed E-state index contributed by atoms with van der Waals surface area (Å²) in [5.74, 6) is 0.323. The summed E-state index contributed by atoms with van der Waals surface area (Å²) in [5, 5.41) is 0. The summed E-state index contributed by atoms with van der Waals surface area (Å²) in [5.41, 5.74) is 1.16. The maximum Gasteiger partial charge on any atom is 0.236 e. The molecule has 0 atom stereocenters. The normalized spacial score (nSPS) is 21.7. The molecule has 3 heterocycles. The third-order valence-corrected chi connectivity index (χ3v) is 4.73. The van der Waals surface area contributed by atoms with Crippen LogP contribution in [0.1, 0.15) is 31.4 Å². The predicted octanol–water partition coefficient (Wildman–Crippen LogP) is 0.930. The topological polar surface area (TPSA) is 55.5 Å². The smallest absolute Gasteiger partial charge is 0.236 e. The van der Waals surface area contributed by atoms with Gasteiger partial charge in [-0.25, -0.2) is 4.98 Å². The van der Waals surface area contributed by atoms with Crippen LogP contribution in [0.5, 0.6) is 0 Å². The number of hydrogen-bond acceptors (Lipinski definition) is 4. The first-order chi connectivity index (χ1) is 10.8. The number of hydrogen-bond donors (Lipinski definition) is 1. The van der Waals surface area contributed by atoms with E-state index in [0.29, 0.717) is 12.5 Å². The molecule has 0 bridgehead atoms. The van der Waals surface area contributed by atoms with E-state index in [1.54, 1.807) is 6.33 Å². The van der Waals surface area contributed by atoms with Crippen LogP contribution in [0.25, 0.3) is 0 Å². The minimum atomic E-state index is 0.323. The second-order valence-electron chi connectivity index (χ2n) is 6.42. The molecule has 1 N–H and O–H groups in total. The van der Waals surface area contributed by atoms with Crippen molar-refractivity contribution < 1.29 is 4.79 Å². The molecule has 2 aliphatic rings. The lowest BCUT2D eigenvalue weighted by Gasteiger charge is -2.35. The molecule has 1 aromatic heterocycles.